The molecule has 0 aliphatic heterocycles. The average molecular weight is 331 g/mol. The van der Waals surface area contributed by atoms with Crippen molar-refractivity contribution >= 4 is 27.4 Å². The molecule has 0 bridgehead atoms. The maximum Gasteiger partial charge on any atom is 0.199 e. The molecular formula is C14H11BrN4O. The van der Waals surface area contributed by atoms with Crippen molar-refractivity contribution in [1.29, 1.82) is 0 Å². The highest BCUT2D eigenvalue weighted by atomic mass is 79.9. The summed E-state index contributed by atoms with van der Waals surface area (Å²) in [4.78, 5) is 20.3. The number of pyridine rings is 2. The van der Waals surface area contributed by atoms with Gasteiger partial charge in [0.25, 0.3) is 0 Å². The van der Waals surface area contributed by atoms with E-state index in [1.54, 1.807) is 16.8 Å². The van der Waals surface area contributed by atoms with Crippen LogP contribution in [0.5, 0.6) is 0 Å². The van der Waals surface area contributed by atoms with Crippen LogP contribution in [-0.2, 0) is 0 Å². The summed E-state index contributed by atoms with van der Waals surface area (Å²) >= 11 is 3.44. The molecule has 0 N–H and O–H groups in total. The SMILES string of the molecule is Cc1cccc(C(=O)C(Br)c2ccc3ncnn3c2)n1. The summed E-state index contributed by atoms with van der Waals surface area (Å²) in [6, 6.07) is 9.10. The van der Waals surface area contributed by atoms with E-state index in [0.717, 1.165) is 16.9 Å². The van der Waals surface area contributed by atoms with E-state index in [0.29, 0.717) is 5.69 Å². The normalized spacial score (nSPS) is 12.5. The first-order chi connectivity index (χ1) is 9.65. The Morgan fingerprint density at radius 2 is 2.15 bits per heavy atom. The Labute approximate surface area is 123 Å². The highest BCUT2D eigenvalue weighted by Gasteiger charge is 2.20. The van der Waals surface area contributed by atoms with Gasteiger partial charge in [-0.25, -0.2) is 14.5 Å². The molecule has 0 radical (unpaired) electrons. The fraction of sp³-hybridized carbons (Fsp3) is 0.143. The predicted molar refractivity (Wildman–Crippen MR) is 78.0 cm³/mol. The first-order valence-electron chi connectivity index (χ1n) is 6.06. The van der Waals surface area contributed by atoms with Crippen molar-refractivity contribution < 1.29 is 4.79 Å². The number of hydrogen-bond donors (Lipinski definition) is 0. The number of nitrogens with zero attached hydrogens (tertiary/aromatic N) is 4. The minimum Gasteiger partial charge on any atom is -0.291 e. The first kappa shape index (κ1) is 12.9. The quantitative estimate of drug-likeness (QED) is 0.547. The molecule has 0 amide bonds. The molecule has 0 fully saturated rings. The lowest BCUT2D eigenvalue weighted by molar-refractivity contribution is 0.0986. The van der Waals surface area contributed by atoms with E-state index in [1.165, 1.54) is 6.33 Å². The van der Waals surface area contributed by atoms with Gasteiger partial charge in [0.15, 0.2) is 11.4 Å². The van der Waals surface area contributed by atoms with Crippen molar-refractivity contribution in [1.82, 2.24) is 19.6 Å². The lowest BCUT2D eigenvalue weighted by atomic mass is 10.1. The van der Waals surface area contributed by atoms with Gasteiger partial charge in [0.05, 0.1) is 0 Å². The number of aromatic nitrogens is 4. The molecule has 0 saturated carbocycles. The topological polar surface area (TPSA) is 60.2 Å². The monoisotopic (exact) mass is 330 g/mol. The van der Waals surface area contributed by atoms with Gasteiger partial charge in [-0.15, -0.1) is 0 Å². The molecule has 5 nitrogen and oxygen atoms in total. The number of aryl methyl sites for hydroxylation is 1. The fourth-order valence-corrected chi connectivity index (χ4v) is 2.45. The fourth-order valence-electron chi connectivity index (χ4n) is 1.94. The molecule has 0 saturated heterocycles. The van der Waals surface area contributed by atoms with Gasteiger partial charge < -0.3 is 0 Å². The minimum absolute atomic E-state index is 0.0758. The molecule has 20 heavy (non-hydrogen) atoms. The van der Waals surface area contributed by atoms with Crippen molar-refractivity contribution in [2.45, 2.75) is 11.8 Å². The molecule has 1 unspecified atom stereocenters. The zero-order valence-electron chi connectivity index (χ0n) is 10.7. The van der Waals surface area contributed by atoms with Crippen LogP contribution in [0, 0.1) is 6.92 Å². The zero-order valence-corrected chi connectivity index (χ0v) is 12.3. The molecule has 6 heteroatoms. The van der Waals surface area contributed by atoms with Crippen molar-refractivity contribution in [3.63, 3.8) is 0 Å². The Morgan fingerprint density at radius 3 is 2.95 bits per heavy atom. The van der Waals surface area contributed by atoms with Gasteiger partial charge in [-0.2, -0.15) is 5.10 Å². The maximum absolute atomic E-state index is 12.4. The third kappa shape index (κ3) is 2.34. The van der Waals surface area contributed by atoms with Crippen LogP contribution in [0.15, 0.2) is 42.9 Å². The van der Waals surface area contributed by atoms with Crippen LogP contribution in [0.1, 0.15) is 26.6 Å². The molecule has 0 spiro atoms. The number of ketones is 1. The van der Waals surface area contributed by atoms with E-state index in [1.807, 2.05) is 31.2 Å². The lowest BCUT2D eigenvalue weighted by Crippen LogP contribution is -2.10. The molecule has 3 rings (SSSR count). The van der Waals surface area contributed by atoms with E-state index in [4.69, 9.17) is 0 Å². The van der Waals surface area contributed by atoms with Gasteiger partial charge in [0.1, 0.15) is 16.8 Å². The smallest absolute Gasteiger partial charge is 0.199 e. The van der Waals surface area contributed by atoms with Crippen molar-refractivity contribution in [2.24, 2.45) is 0 Å². The van der Waals surface area contributed by atoms with Crippen LogP contribution in [0.4, 0.5) is 0 Å². The molecule has 100 valence electrons. The van der Waals surface area contributed by atoms with E-state index in [2.05, 4.69) is 31.0 Å². The Bertz CT molecular complexity index is 783. The molecule has 0 aliphatic rings. The summed E-state index contributed by atoms with van der Waals surface area (Å²) in [7, 11) is 0. The summed E-state index contributed by atoms with van der Waals surface area (Å²) in [5, 5.41) is 4.07. The summed E-state index contributed by atoms with van der Waals surface area (Å²) in [5.74, 6) is -0.0758. The van der Waals surface area contributed by atoms with Crippen LogP contribution in [-0.4, -0.2) is 25.4 Å². The van der Waals surface area contributed by atoms with Crippen LogP contribution in [0.3, 0.4) is 0 Å². The van der Waals surface area contributed by atoms with E-state index >= 15 is 0 Å². The summed E-state index contributed by atoms with van der Waals surface area (Å²) in [5.41, 5.74) is 2.83. The molecule has 3 heterocycles. The third-order valence-electron chi connectivity index (χ3n) is 2.96. The largest absolute Gasteiger partial charge is 0.291 e. The van der Waals surface area contributed by atoms with Gasteiger partial charge in [-0.05, 0) is 30.7 Å². The summed E-state index contributed by atoms with van der Waals surface area (Å²) < 4.78 is 1.64. The maximum atomic E-state index is 12.4. The molecule has 3 aromatic heterocycles. The second kappa shape index (κ2) is 5.13. The molecule has 3 aromatic rings. The van der Waals surface area contributed by atoms with Gasteiger partial charge in [0, 0.05) is 11.9 Å². The molecule has 0 aliphatic carbocycles. The predicted octanol–water partition coefficient (Wildman–Crippen LogP) is 2.75. The Morgan fingerprint density at radius 1 is 1.30 bits per heavy atom. The second-order valence-corrected chi connectivity index (χ2v) is 5.33. The second-order valence-electron chi connectivity index (χ2n) is 4.42. The first-order valence-corrected chi connectivity index (χ1v) is 6.98. The highest BCUT2D eigenvalue weighted by Crippen LogP contribution is 2.26. The number of carbonyl (C=O) groups excluding carboxylic acids is 1. The highest BCUT2D eigenvalue weighted by molar-refractivity contribution is 9.09. The Hall–Kier alpha value is -2.08. The van der Waals surface area contributed by atoms with E-state index in [9.17, 15) is 4.79 Å². The standard InChI is InChI=1S/C14H11BrN4O/c1-9-3-2-4-11(18-9)14(20)13(15)10-5-6-12-16-8-17-19(12)7-10/h2-8,13H,1H3. The van der Waals surface area contributed by atoms with Crippen molar-refractivity contribution in [3.05, 3.63) is 59.8 Å². The number of halogens is 1. The van der Waals surface area contributed by atoms with Gasteiger partial charge >= 0.3 is 0 Å². The summed E-state index contributed by atoms with van der Waals surface area (Å²) in [6.45, 7) is 1.86. The van der Waals surface area contributed by atoms with Gasteiger partial charge in [-0.3, -0.25) is 4.79 Å². The number of rotatable bonds is 3. The molecular weight excluding hydrogens is 320 g/mol. The third-order valence-corrected chi connectivity index (χ3v) is 3.91. The summed E-state index contributed by atoms with van der Waals surface area (Å²) in [6.07, 6.45) is 3.27. The lowest BCUT2D eigenvalue weighted by Gasteiger charge is -2.09. The number of Topliss-reactive ketones (excluding diaryl/α,β-unsaturated/α-hetero) is 1. The number of fused-ring (bicyclic) bond motifs is 1. The van der Waals surface area contributed by atoms with Gasteiger partial charge in [-0.1, -0.05) is 28.1 Å². The van der Waals surface area contributed by atoms with Crippen LogP contribution in [0.2, 0.25) is 0 Å². The molecule has 0 aromatic carbocycles. The number of alkyl halides is 1. The van der Waals surface area contributed by atoms with Crippen molar-refractivity contribution in [3.8, 4) is 0 Å². The van der Waals surface area contributed by atoms with Crippen LogP contribution >= 0.6 is 15.9 Å². The van der Waals surface area contributed by atoms with Gasteiger partial charge in [0.2, 0.25) is 0 Å². The number of hydrogen-bond acceptors (Lipinski definition) is 4. The van der Waals surface area contributed by atoms with Crippen LogP contribution in [0.25, 0.3) is 5.65 Å². The van der Waals surface area contributed by atoms with E-state index in [-0.39, 0.29) is 5.78 Å². The van der Waals surface area contributed by atoms with Crippen LogP contribution < -0.4 is 0 Å². The zero-order chi connectivity index (χ0) is 14.1. The van der Waals surface area contributed by atoms with E-state index < -0.39 is 4.83 Å². The minimum atomic E-state index is -0.453. The van der Waals surface area contributed by atoms with Crippen molar-refractivity contribution in [2.75, 3.05) is 0 Å². The molecule has 1 atom stereocenters. The Kier molecular flexibility index (Phi) is 3.31. The average Bonchev–Trinajstić information content (AvgIpc) is 2.93. The number of carbonyl (C=O) groups is 1. The Balaban J connectivity index is 1.94.